The standard InChI is InChI=1S/C21H28N4O2.HI/c1-3-22-21(25-11-10-18-6-4-5-7-19(18)16-25)24-15-17-8-9-20(23-14-17)27-13-12-26-2;/h4-9,14H,3,10-13,15-16H2,1-2H3,(H,22,24);1H. The fraction of sp³-hybridized carbons (Fsp3) is 0.429. The summed E-state index contributed by atoms with van der Waals surface area (Å²) < 4.78 is 10.5. The van der Waals surface area contributed by atoms with Crippen molar-refractivity contribution in [1.82, 2.24) is 15.2 Å². The molecule has 0 saturated carbocycles. The third-order valence-electron chi connectivity index (χ3n) is 4.51. The highest BCUT2D eigenvalue weighted by Crippen LogP contribution is 2.18. The average molecular weight is 496 g/mol. The summed E-state index contributed by atoms with van der Waals surface area (Å²) in [5.41, 5.74) is 3.88. The number of rotatable bonds is 7. The van der Waals surface area contributed by atoms with Gasteiger partial charge in [0, 0.05) is 39.0 Å². The van der Waals surface area contributed by atoms with Crippen LogP contribution < -0.4 is 10.1 Å². The number of aromatic nitrogens is 1. The van der Waals surface area contributed by atoms with Gasteiger partial charge in [0.15, 0.2) is 5.96 Å². The Kier molecular flexibility index (Phi) is 9.49. The Morgan fingerprint density at radius 3 is 2.71 bits per heavy atom. The van der Waals surface area contributed by atoms with E-state index in [9.17, 15) is 0 Å². The molecule has 152 valence electrons. The lowest BCUT2D eigenvalue weighted by Gasteiger charge is -2.31. The van der Waals surface area contributed by atoms with E-state index in [4.69, 9.17) is 14.5 Å². The van der Waals surface area contributed by atoms with Crippen molar-refractivity contribution < 1.29 is 9.47 Å². The molecule has 6 nitrogen and oxygen atoms in total. The molecule has 1 N–H and O–H groups in total. The molecule has 0 amide bonds. The quantitative estimate of drug-likeness (QED) is 0.276. The van der Waals surface area contributed by atoms with Crippen molar-refractivity contribution in [2.24, 2.45) is 4.99 Å². The molecule has 2 heterocycles. The van der Waals surface area contributed by atoms with E-state index in [0.29, 0.717) is 25.6 Å². The summed E-state index contributed by atoms with van der Waals surface area (Å²) in [5, 5.41) is 3.42. The number of fused-ring (bicyclic) bond motifs is 1. The summed E-state index contributed by atoms with van der Waals surface area (Å²) >= 11 is 0. The van der Waals surface area contributed by atoms with Crippen LogP contribution in [-0.2, 0) is 24.2 Å². The van der Waals surface area contributed by atoms with Gasteiger partial charge < -0.3 is 19.7 Å². The molecule has 0 spiro atoms. The molecule has 1 aliphatic rings. The fourth-order valence-electron chi connectivity index (χ4n) is 3.09. The SMILES string of the molecule is CCNC(=NCc1ccc(OCCOC)nc1)N1CCc2ccccc2C1.I. The number of benzene rings is 1. The zero-order chi connectivity index (χ0) is 18.9. The summed E-state index contributed by atoms with van der Waals surface area (Å²) in [6.07, 6.45) is 2.87. The molecular formula is C21H29IN4O2. The molecule has 1 aliphatic heterocycles. The van der Waals surface area contributed by atoms with Gasteiger partial charge in [-0.05, 0) is 30.0 Å². The van der Waals surface area contributed by atoms with Gasteiger partial charge in [0.1, 0.15) is 6.61 Å². The van der Waals surface area contributed by atoms with Crippen molar-refractivity contribution in [2.75, 3.05) is 33.4 Å². The summed E-state index contributed by atoms with van der Waals surface area (Å²) in [4.78, 5) is 11.5. The van der Waals surface area contributed by atoms with E-state index in [1.165, 1.54) is 11.1 Å². The monoisotopic (exact) mass is 496 g/mol. The summed E-state index contributed by atoms with van der Waals surface area (Å²) in [6.45, 7) is 6.47. The Balaban J connectivity index is 0.00000280. The minimum atomic E-state index is 0. The minimum Gasteiger partial charge on any atom is -0.475 e. The van der Waals surface area contributed by atoms with Gasteiger partial charge in [-0.15, -0.1) is 24.0 Å². The number of hydrogen-bond donors (Lipinski definition) is 1. The number of guanidine groups is 1. The van der Waals surface area contributed by atoms with Crippen molar-refractivity contribution in [2.45, 2.75) is 26.4 Å². The van der Waals surface area contributed by atoms with Crippen LogP contribution in [0.3, 0.4) is 0 Å². The molecular weight excluding hydrogens is 467 g/mol. The zero-order valence-electron chi connectivity index (χ0n) is 16.6. The predicted molar refractivity (Wildman–Crippen MR) is 122 cm³/mol. The highest BCUT2D eigenvalue weighted by atomic mass is 127. The first-order valence-corrected chi connectivity index (χ1v) is 9.47. The van der Waals surface area contributed by atoms with Gasteiger partial charge in [-0.1, -0.05) is 30.3 Å². The topological polar surface area (TPSA) is 59.0 Å². The molecule has 2 aromatic rings. The lowest BCUT2D eigenvalue weighted by atomic mass is 10.0. The van der Waals surface area contributed by atoms with E-state index in [2.05, 4.69) is 46.4 Å². The van der Waals surface area contributed by atoms with Crippen molar-refractivity contribution in [3.63, 3.8) is 0 Å². The Labute approximate surface area is 184 Å². The normalized spacial score (nSPS) is 13.5. The number of pyridine rings is 1. The van der Waals surface area contributed by atoms with Crippen LogP contribution in [0.4, 0.5) is 0 Å². The maximum atomic E-state index is 5.50. The smallest absolute Gasteiger partial charge is 0.213 e. The molecule has 0 unspecified atom stereocenters. The Hall–Kier alpha value is -1.87. The van der Waals surface area contributed by atoms with Crippen LogP contribution in [0.1, 0.15) is 23.6 Å². The molecule has 0 atom stereocenters. The number of halogens is 1. The molecule has 0 aliphatic carbocycles. The summed E-state index contributed by atoms with van der Waals surface area (Å²) in [6, 6.07) is 12.5. The van der Waals surface area contributed by atoms with Crippen LogP contribution in [0.25, 0.3) is 0 Å². The molecule has 1 aromatic carbocycles. The van der Waals surface area contributed by atoms with Crippen molar-refractivity contribution >= 4 is 29.9 Å². The number of methoxy groups -OCH3 is 1. The van der Waals surface area contributed by atoms with Gasteiger partial charge in [0.25, 0.3) is 0 Å². The average Bonchev–Trinajstić information content (AvgIpc) is 2.72. The van der Waals surface area contributed by atoms with E-state index >= 15 is 0 Å². The summed E-state index contributed by atoms with van der Waals surface area (Å²) in [7, 11) is 1.65. The first kappa shape index (κ1) is 22.4. The summed E-state index contributed by atoms with van der Waals surface area (Å²) in [5.74, 6) is 1.56. The van der Waals surface area contributed by atoms with Gasteiger partial charge in [-0.3, -0.25) is 0 Å². The molecule has 1 aromatic heterocycles. The zero-order valence-corrected chi connectivity index (χ0v) is 18.9. The van der Waals surface area contributed by atoms with Crippen LogP contribution in [0.2, 0.25) is 0 Å². The van der Waals surface area contributed by atoms with Crippen LogP contribution in [-0.4, -0.2) is 49.3 Å². The van der Waals surface area contributed by atoms with Gasteiger partial charge in [-0.25, -0.2) is 9.98 Å². The van der Waals surface area contributed by atoms with E-state index < -0.39 is 0 Å². The van der Waals surface area contributed by atoms with Gasteiger partial charge in [0.05, 0.1) is 13.2 Å². The first-order chi connectivity index (χ1) is 13.3. The predicted octanol–water partition coefficient (Wildman–Crippen LogP) is 3.25. The lowest BCUT2D eigenvalue weighted by molar-refractivity contribution is 0.143. The molecule has 28 heavy (non-hydrogen) atoms. The van der Waals surface area contributed by atoms with Crippen LogP contribution in [0, 0.1) is 0 Å². The van der Waals surface area contributed by atoms with E-state index in [1.807, 2.05) is 18.3 Å². The highest BCUT2D eigenvalue weighted by Gasteiger charge is 2.18. The van der Waals surface area contributed by atoms with Crippen LogP contribution in [0.5, 0.6) is 5.88 Å². The number of aliphatic imine (C=N–C) groups is 1. The largest absolute Gasteiger partial charge is 0.475 e. The molecule has 0 radical (unpaired) electrons. The molecule has 0 bridgehead atoms. The highest BCUT2D eigenvalue weighted by molar-refractivity contribution is 14.0. The number of hydrogen-bond acceptors (Lipinski definition) is 4. The van der Waals surface area contributed by atoms with E-state index in [1.54, 1.807) is 7.11 Å². The second-order valence-electron chi connectivity index (χ2n) is 6.46. The first-order valence-electron chi connectivity index (χ1n) is 9.47. The van der Waals surface area contributed by atoms with E-state index in [-0.39, 0.29) is 24.0 Å². The van der Waals surface area contributed by atoms with Gasteiger partial charge in [-0.2, -0.15) is 0 Å². The molecule has 7 heteroatoms. The lowest BCUT2D eigenvalue weighted by Crippen LogP contribution is -2.44. The molecule has 0 saturated heterocycles. The number of nitrogens with one attached hydrogen (secondary N) is 1. The second-order valence-corrected chi connectivity index (χ2v) is 6.46. The Bertz CT molecular complexity index is 752. The van der Waals surface area contributed by atoms with Crippen molar-refractivity contribution in [3.8, 4) is 5.88 Å². The van der Waals surface area contributed by atoms with E-state index in [0.717, 1.165) is 37.6 Å². The van der Waals surface area contributed by atoms with Crippen molar-refractivity contribution in [1.29, 1.82) is 0 Å². The van der Waals surface area contributed by atoms with Gasteiger partial charge >= 0.3 is 0 Å². The second kappa shape index (κ2) is 11.9. The van der Waals surface area contributed by atoms with Crippen LogP contribution in [0.15, 0.2) is 47.6 Å². The van der Waals surface area contributed by atoms with Gasteiger partial charge in [0.2, 0.25) is 5.88 Å². The fourth-order valence-corrected chi connectivity index (χ4v) is 3.09. The third-order valence-corrected chi connectivity index (χ3v) is 4.51. The molecule has 3 rings (SSSR count). The molecule has 0 fully saturated rings. The maximum absolute atomic E-state index is 5.50. The van der Waals surface area contributed by atoms with Crippen LogP contribution >= 0.6 is 24.0 Å². The third kappa shape index (κ3) is 6.34. The van der Waals surface area contributed by atoms with Crippen molar-refractivity contribution in [3.05, 3.63) is 59.3 Å². The Morgan fingerprint density at radius 1 is 1.18 bits per heavy atom. The maximum Gasteiger partial charge on any atom is 0.213 e. The number of nitrogens with zero attached hydrogens (tertiary/aromatic N) is 3. The number of ether oxygens (including phenoxy) is 2. The minimum absolute atomic E-state index is 0. The Morgan fingerprint density at radius 2 is 2.00 bits per heavy atom.